The number of benzene rings is 1. The predicted molar refractivity (Wildman–Crippen MR) is 53.1 cm³/mol. The van der Waals surface area contributed by atoms with Gasteiger partial charge in [0.1, 0.15) is 0 Å². The molecule has 0 atom stereocenters. The van der Waals surface area contributed by atoms with E-state index in [2.05, 4.69) is 20.9 Å². The summed E-state index contributed by atoms with van der Waals surface area (Å²) in [5.74, 6) is 0. The molecule has 0 N–H and O–H groups in total. The molecule has 3 heteroatoms. The van der Waals surface area contributed by atoms with Crippen LogP contribution in [0.4, 0.5) is 5.69 Å². The van der Waals surface area contributed by atoms with Crippen molar-refractivity contribution in [1.82, 2.24) is 0 Å². The van der Waals surface area contributed by atoms with Crippen LogP contribution < -0.4 is 0 Å². The molecular formula is C9H10BrN2+. The molecule has 12 heavy (non-hydrogen) atoms. The summed E-state index contributed by atoms with van der Waals surface area (Å²) in [5.41, 5.74) is 3.92. The zero-order valence-corrected chi connectivity index (χ0v) is 8.94. The van der Waals surface area contributed by atoms with Crippen molar-refractivity contribution in [2.75, 3.05) is 0 Å². The van der Waals surface area contributed by atoms with E-state index in [9.17, 15) is 0 Å². The maximum atomic E-state index is 8.66. The summed E-state index contributed by atoms with van der Waals surface area (Å²) < 4.78 is 1.02. The van der Waals surface area contributed by atoms with Gasteiger partial charge in [-0.05, 0) is 47.8 Å². The molecule has 0 aliphatic carbocycles. The lowest BCUT2D eigenvalue weighted by molar-refractivity contribution is 1.27. The van der Waals surface area contributed by atoms with E-state index in [0.717, 1.165) is 15.6 Å². The van der Waals surface area contributed by atoms with Gasteiger partial charge in [-0.2, -0.15) is 0 Å². The van der Waals surface area contributed by atoms with Gasteiger partial charge in [0.05, 0.1) is 5.56 Å². The van der Waals surface area contributed by atoms with Crippen LogP contribution in [0.3, 0.4) is 0 Å². The molecule has 0 aliphatic heterocycles. The molecule has 0 amide bonds. The standard InChI is InChI=1S/C9H10BrN2/c1-5-4-8(12-11)7(3)9(10)6(5)2/h4H,1-3H3/q+1. The molecule has 0 radical (unpaired) electrons. The van der Waals surface area contributed by atoms with E-state index in [-0.39, 0.29) is 0 Å². The molecule has 0 aliphatic rings. The van der Waals surface area contributed by atoms with Gasteiger partial charge < -0.3 is 0 Å². The summed E-state index contributed by atoms with van der Waals surface area (Å²) in [5, 5.41) is 8.66. The zero-order valence-electron chi connectivity index (χ0n) is 7.35. The van der Waals surface area contributed by atoms with Crippen LogP contribution in [0.2, 0.25) is 0 Å². The highest BCUT2D eigenvalue weighted by Crippen LogP contribution is 2.31. The normalized spacial score (nSPS) is 9.58. The van der Waals surface area contributed by atoms with E-state index in [1.165, 1.54) is 5.56 Å². The van der Waals surface area contributed by atoms with Crippen molar-refractivity contribution in [1.29, 1.82) is 5.39 Å². The van der Waals surface area contributed by atoms with Gasteiger partial charge in [-0.25, -0.2) is 0 Å². The maximum absolute atomic E-state index is 8.66. The van der Waals surface area contributed by atoms with Gasteiger partial charge in [0.15, 0.2) is 4.98 Å². The Kier molecular flexibility index (Phi) is 2.49. The molecule has 1 rings (SSSR count). The highest BCUT2D eigenvalue weighted by atomic mass is 79.9. The molecule has 0 heterocycles. The molecule has 0 bridgehead atoms. The van der Waals surface area contributed by atoms with Gasteiger partial charge in [-0.15, -0.1) is 0 Å². The third-order valence-corrected chi connectivity index (χ3v) is 3.28. The van der Waals surface area contributed by atoms with E-state index < -0.39 is 0 Å². The molecule has 0 unspecified atom stereocenters. The molecular weight excluding hydrogens is 216 g/mol. The number of hydrogen-bond acceptors (Lipinski definition) is 1. The second kappa shape index (κ2) is 3.24. The third kappa shape index (κ3) is 1.35. The van der Waals surface area contributed by atoms with Crippen molar-refractivity contribution in [2.24, 2.45) is 0 Å². The number of hydrogen-bond donors (Lipinski definition) is 0. The van der Waals surface area contributed by atoms with Crippen LogP contribution in [-0.2, 0) is 0 Å². The molecule has 0 aromatic heterocycles. The first-order valence-electron chi connectivity index (χ1n) is 3.69. The highest BCUT2D eigenvalue weighted by molar-refractivity contribution is 9.10. The Bertz CT molecular complexity index is 364. The number of aryl methyl sites for hydroxylation is 1. The SMILES string of the molecule is Cc1cc([N+]#N)c(C)c(Br)c1C. The highest BCUT2D eigenvalue weighted by Gasteiger charge is 2.16. The Labute approximate surface area is 80.4 Å². The molecule has 1 aromatic rings. The Balaban J connectivity index is 3.52. The van der Waals surface area contributed by atoms with Gasteiger partial charge in [-0.3, -0.25) is 0 Å². The Hall–Kier alpha value is -0.880. The average Bonchev–Trinajstić information content (AvgIpc) is 2.08. The van der Waals surface area contributed by atoms with Crippen molar-refractivity contribution >= 4 is 21.6 Å². The first kappa shape index (κ1) is 9.21. The van der Waals surface area contributed by atoms with Crippen molar-refractivity contribution < 1.29 is 0 Å². The summed E-state index contributed by atoms with van der Waals surface area (Å²) >= 11 is 3.45. The number of nitrogens with zero attached hydrogens (tertiary/aromatic N) is 2. The molecule has 2 nitrogen and oxygen atoms in total. The van der Waals surface area contributed by atoms with Crippen LogP contribution in [0.25, 0.3) is 4.98 Å². The first-order valence-corrected chi connectivity index (χ1v) is 4.48. The molecule has 0 fully saturated rings. The van der Waals surface area contributed by atoms with Gasteiger partial charge in [-0.1, -0.05) is 0 Å². The minimum absolute atomic E-state index is 0.630. The molecule has 62 valence electrons. The summed E-state index contributed by atoms with van der Waals surface area (Å²) in [6.07, 6.45) is 0. The quantitative estimate of drug-likeness (QED) is 0.617. The number of rotatable bonds is 0. The molecule has 0 spiro atoms. The Morgan fingerprint density at radius 2 is 1.83 bits per heavy atom. The van der Waals surface area contributed by atoms with Crippen LogP contribution in [0.5, 0.6) is 0 Å². The Morgan fingerprint density at radius 3 is 2.33 bits per heavy atom. The average molecular weight is 226 g/mol. The number of halogens is 1. The summed E-state index contributed by atoms with van der Waals surface area (Å²) in [6, 6.07) is 1.87. The Morgan fingerprint density at radius 1 is 1.25 bits per heavy atom. The molecule has 1 aromatic carbocycles. The first-order chi connectivity index (χ1) is 5.57. The lowest BCUT2D eigenvalue weighted by atomic mass is 10.1. The minimum atomic E-state index is 0.630. The summed E-state index contributed by atoms with van der Waals surface area (Å²) in [7, 11) is 0. The van der Waals surface area contributed by atoms with Crippen molar-refractivity contribution in [2.45, 2.75) is 20.8 Å². The van der Waals surface area contributed by atoms with Gasteiger partial charge in [0.25, 0.3) is 0 Å². The summed E-state index contributed by atoms with van der Waals surface area (Å²) in [4.78, 5) is 3.20. The largest absolute Gasteiger partial charge is 0.389 e. The molecule has 0 saturated carbocycles. The van der Waals surface area contributed by atoms with Crippen LogP contribution in [0, 0.1) is 26.2 Å². The zero-order chi connectivity index (χ0) is 9.30. The predicted octanol–water partition coefficient (Wildman–Crippen LogP) is 3.86. The monoisotopic (exact) mass is 225 g/mol. The molecule has 0 saturated heterocycles. The van der Waals surface area contributed by atoms with Crippen molar-refractivity contribution in [3.05, 3.63) is 32.2 Å². The number of diazo groups is 1. The lowest BCUT2D eigenvalue weighted by Gasteiger charge is -2.02. The van der Waals surface area contributed by atoms with Crippen LogP contribution >= 0.6 is 15.9 Å². The lowest BCUT2D eigenvalue weighted by Crippen LogP contribution is -1.86. The fourth-order valence-electron chi connectivity index (χ4n) is 1.09. The topological polar surface area (TPSA) is 28.1 Å². The van der Waals surface area contributed by atoms with Gasteiger partial charge in [0.2, 0.25) is 5.39 Å². The second-order valence-corrected chi connectivity index (χ2v) is 3.67. The van der Waals surface area contributed by atoms with Crippen LogP contribution in [0.15, 0.2) is 10.5 Å². The van der Waals surface area contributed by atoms with Crippen LogP contribution in [0.1, 0.15) is 16.7 Å². The van der Waals surface area contributed by atoms with Crippen molar-refractivity contribution in [3.8, 4) is 0 Å². The fraction of sp³-hybridized carbons (Fsp3) is 0.333. The van der Waals surface area contributed by atoms with E-state index in [0.29, 0.717) is 5.69 Å². The smallest absolute Gasteiger partial charge is 0.0499 e. The maximum Gasteiger partial charge on any atom is 0.389 e. The minimum Gasteiger partial charge on any atom is -0.0499 e. The van der Waals surface area contributed by atoms with Crippen molar-refractivity contribution in [3.63, 3.8) is 0 Å². The second-order valence-electron chi connectivity index (χ2n) is 2.88. The van der Waals surface area contributed by atoms with E-state index in [1.807, 2.05) is 26.8 Å². The van der Waals surface area contributed by atoms with Gasteiger partial charge in [0, 0.05) is 10.5 Å². The van der Waals surface area contributed by atoms with E-state index in [1.54, 1.807) is 0 Å². The van der Waals surface area contributed by atoms with Gasteiger partial charge >= 0.3 is 5.69 Å². The summed E-state index contributed by atoms with van der Waals surface area (Å²) in [6.45, 7) is 5.95. The fourth-order valence-corrected chi connectivity index (χ4v) is 1.61. The van der Waals surface area contributed by atoms with E-state index >= 15 is 0 Å². The van der Waals surface area contributed by atoms with Crippen LogP contribution in [-0.4, -0.2) is 0 Å². The third-order valence-electron chi connectivity index (χ3n) is 2.10. The van der Waals surface area contributed by atoms with E-state index in [4.69, 9.17) is 5.39 Å².